The van der Waals surface area contributed by atoms with Gasteiger partial charge >= 0.3 is 0 Å². The van der Waals surface area contributed by atoms with E-state index in [1.165, 1.54) is 0 Å². The van der Waals surface area contributed by atoms with Gasteiger partial charge in [-0.15, -0.1) is 0 Å². The fourth-order valence-electron chi connectivity index (χ4n) is 1.68. The third-order valence-corrected chi connectivity index (χ3v) is 2.66. The van der Waals surface area contributed by atoms with Crippen LogP contribution in [0.2, 0.25) is 0 Å². The number of rotatable bonds is 5. The highest BCUT2D eigenvalue weighted by molar-refractivity contribution is 5.50. The van der Waals surface area contributed by atoms with Gasteiger partial charge in [0.1, 0.15) is 17.4 Å². The SMILES string of the molecule is CNc1cc(NCCc2ccc(O)cc2)nc(N)n1. The highest BCUT2D eigenvalue weighted by Crippen LogP contribution is 2.13. The van der Waals surface area contributed by atoms with Gasteiger partial charge in [0.25, 0.3) is 0 Å². The zero-order chi connectivity index (χ0) is 13.7. The van der Waals surface area contributed by atoms with Gasteiger partial charge in [-0.05, 0) is 24.1 Å². The van der Waals surface area contributed by atoms with Gasteiger partial charge in [-0.3, -0.25) is 0 Å². The Labute approximate surface area is 111 Å². The molecule has 1 heterocycles. The first-order valence-electron chi connectivity index (χ1n) is 6.01. The molecular formula is C13H17N5O. The molecule has 0 amide bonds. The van der Waals surface area contributed by atoms with Gasteiger partial charge in [-0.2, -0.15) is 9.97 Å². The first-order valence-corrected chi connectivity index (χ1v) is 6.01. The van der Waals surface area contributed by atoms with E-state index in [2.05, 4.69) is 20.6 Å². The van der Waals surface area contributed by atoms with Crippen LogP contribution in [0.25, 0.3) is 0 Å². The second-order valence-corrected chi connectivity index (χ2v) is 4.09. The van der Waals surface area contributed by atoms with Crippen LogP contribution in [-0.2, 0) is 6.42 Å². The van der Waals surface area contributed by atoms with Crippen LogP contribution in [0.4, 0.5) is 17.6 Å². The predicted octanol–water partition coefficient (Wildman–Crippen LogP) is 1.46. The molecule has 0 radical (unpaired) electrons. The van der Waals surface area contributed by atoms with Crippen molar-refractivity contribution in [2.45, 2.75) is 6.42 Å². The average Bonchev–Trinajstić information content (AvgIpc) is 2.40. The van der Waals surface area contributed by atoms with E-state index < -0.39 is 0 Å². The highest BCUT2D eigenvalue weighted by Gasteiger charge is 2.00. The quantitative estimate of drug-likeness (QED) is 0.649. The summed E-state index contributed by atoms with van der Waals surface area (Å²) in [4.78, 5) is 8.12. The molecule has 100 valence electrons. The summed E-state index contributed by atoms with van der Waals surface area (Å²) in [6.45, 7) is 0.727. The normalized spacial score (nSPS) is 10.2. The van der Waals surface area contributed by atoms with Crippen LogP contribution < -0.4 is 16.4 Å². The Bertz CT molecular complexity index is 541. The lowest BCUT2D eigenvalue weighted by Gasteiger charge is -2.08. The summed E-state index contributed by atoms with van der Waals surface area (Å²) < 4.78 is 0. The van der Waals surface area contributed by atoms with Crippen molar-refractivity contribution in [2.24, 2.45) is 0 Å². The van der Waals surface area contributed by atoms with Gasteiger partial charge in [-0.25, -0.2) is 0 Å². The number of aromatic nitrogens is 2. The number of anilines is 3. The number of nitrogens with zero attached hydrogens (tertiary/aromatic N) is 2. The Morgan fingerprint density at radius 2 is 1.84 bits per heavy atom. The number of benzene rings is 1. The van der Waals surface area contributed by atoms with Crippen molar-refractivity contribution in [1.82, 2.24) is 9.97 Å². The summed E-state index contributed by atoms with van der Waals surface area (Å²) in [6, 6.07) is 8.94. The van der Waals surface area contributed by atoms with E-state index in [0.717, 1.165) is 18.5 Å². The summed E-state index contributed by atoms with van der Waals surface area (Å²) in [5.74, 6) is 1.88. The second-order valence-electron chi connectivity index (χ2n) is 4.09. The maximum atomic E-state index is 9.19. The van der Waals surface area contributed by atoms with Crippen LogP contribution in [0.5, 0.6) is 5.75 Å². The minimum atomic E-state index is 0.235. The molecule has 0 aliphatic heterocycles. The molecule has 0 atom stereocenters. The number of phenols is 1. The fourth-order valence-corrected chi connectivity index (χ4v) is 1.68. The van der Waals surface area contributed by atoms with Crippen molar-refractivity contribution in [1.29, 1.82) is 0 Å². The van der Waals surface area contributed by atoms with Gasteiger partial charge < -0.3 is 21.5 Å². The Morgan fingerprint density at radius 3 is 2.53 bits per heavy atom. The minimum absolute atomic E-state index is 0.235. The van der Waals surface area contributed by atoms with Crippen molar-refractivity contribution in [3.63, 3.8) is 0 Å². The standard InChI is InChI=1S/C13H17N5O/c1-15-11-8-12(18-13(14)17-11)16-7-6-9-2-4-10(19)5-3-9/h2-5,8,19H,6-7H2,1H3,(H4,14,15,16,17,18). The largest absolute Gasteiger partial charge is 0.508 e. The molecule has 0 saturated carbocycles. The first kappa shape index (κ1) is 12.9. The van der Waals surface area contributed by atoms with Gasteiger partial charge in [0.05, 0.1) is 0 Å². The van der Waals surface area contributed by atoms with Gasteiger partial charge in [0.15, 0.2) is 0 Å². The number of phenolic OH excluding ortho intramolecular Hbond substituents is 1. The fraction of sp³-hybridized carbons (Fsp3) is 0.231. The summed E-state index contributed by atoms with van der Waals surface area (Å²) in [5, 5.41) is 15.3. The van der Waals surface area contributed by atoms with E-state index in [1.807, 2.05) is 12.1 Å². The molecule has 0 saturated heterocycles. The van der Waals surface area contributed by atoms with E-state index in [4.69, 9.17) is 5.73 Å². The Hall–Kier alpha value is -2.50. The summed E-state index contributed by atoms with van der Waals surface area (Å²) in [5.41, 5.74) is 6.74. The monoisotopic (exact) mass is 259 g/mol. The summed E-state index contributed by atoms with van der Waals surface area (Å²) in [7, 11) is 1.78. The Balaban J connectivity index is 1.92. The maximum Gasteiger partial charge on any atom is 0.223 e. The lowest BCUT2D eigenvalue weighted by molar-refractivity contribution is 0.475. The van der Waals surface area contributed by atoms with E-state index in [1.54, 1.807) is 25.2 Å². The van der Waals surface area contributed by atoms with Crippen LogP contribution in [-0.4, -0.2) is 28.7 Å². The van der Waals surface area contributed by atoms with Gasteiger partial charge in [-0.1, -0.05) is 12.1 Å². The third-order valence-electron chi connectivity index (χ3n) is 2.66. The lowest BCUT2D eigenvalue weighted by Crippen LogP contribution is -2.09. The number of nitrogen functional groups attached to an aromatic ring is 1. The molecule has 6 nitrogen and oxygen atoms in total. The van der Waals surface area contributed by atoms with Crippen LogP contribution in [0.3, 0.4) is 0 Å². The molecule has 6 heteroatoms. The molecule has 0 bridgehead atoms. The van der Waals surface area contributed by atoms with Crippen molar-refractivity contribution >= 4 is 17.6 Å². The smallest absolute Gasteiger partial charge is 0.223 e. The van der Waals surface area contributed by atoms with Crippen molar-refractivity contribution < 1.29 is 5.11 Å². The molecule has 5 N–H and O–H groups in total. The first-order chi connectivity index (χ1) is 9.17. The highest BCUT2D eigenvalue weighted by atomic mass is 16.3. The number of nitrogens with one attached hydrogen (secondary N) is 2. The minimum Gasteiger partial charge on any atom is -0.508 e. The van der Waals surface area contributed by atoms with Crippen molar-refractivity contribution in [2.75, 3.05) is 30.0 Å². The average molecular weight is 259 g/mol. The van der Waals surface area contributed by atoms with E-state index in [0.29, 0.717) is 11.6 Å². The molecular weight excluding hydrogens is 242 g/mol. The molecule has 0 aliphatic carbocycles. The Morgan fingerprint density at radius 1 is 1.16 bits per heavy atom. The van der Waals surface area contributed by atoms with Crippen LogP contribution in [0, 0.1) is 0 Å². The maximum absolute atomic E-state index is 9.19. The van der Waals surface area contributed by atoms with Crippen molar-refractivity contribution in [3.05, 3.63) is 35.9 Å². The summed E-state index contributed by atoms with van der Waals surface area (Å²) >= 11 is 0. The van der Waals surface area contributed by atoms with Crippen LogP contribution >= 0.6 is 0 Å². The zero-order valence-electron chi connectivity index (χ0n) is 10.7. The topological polar surface area (TPSA) is 96.1 Å². The molecule has 1 aromatic carbocycles. The van der Waals surface area contributed by atoms with Crippen molar-refractivity contribution in [3.8, 4) is 5.75 Å². The number of nitrogens with two attached hydrogens (primary N) is 1. The molecule has 1 aromatic heterocycles. The summed E-state index contributed by atoms with van der Waals surface area (Å²) in [6.07, 6.45) is 0.832. The molecule has 2 aromatic rings. The number of aromatic hydroxyl groups is 1. The number of hydrogen-bond donors (Lipinski definition) is 4. The van der Waals surface area contributed by atoms with E-state index in [9.17, 15) is 5.11 Å². The van der Waals surface area contributed by atoms with E-state index in [-0.39, 0.29) is 11.7 Å². The molecule has 0 aliphatic rings. The third kappa shape index (κ3) is 3.74. The zero-order valence-corrected chi connectivity index (χ0v) is 10.7. The molecule has 0 fully saturated rings. The van der Waals surface area contributed by atoms with Crippen LogP contribution in [0.15, 0.2) is 30.3 Å². The van der Waals surface area contributed by atoms with Gasteiger partial charge in [0, 0.05) is 19.7 Å². The lowest BCUT2D eigenvalue weighted by atomic mass is 10.1. The predicted molar refractivity (Wildman–Crippen MR) is 76.3 cm³/mol. The van der Waals surface area contributed by atoms with Gasteiger partial charge in [0.2, 0.25) is 5.95 Å². The molecule has 19 heavy (non-hydrogen) atoms. The second kappa shape index (κ2) is 5.90. The van der Waals surface area contributed by atoms with E-state index >= 15 is 0 Å². The Kier molecular flexibility index (Phi) is 4.02. The molecule has 0 spiro atoms. The number of hydrogen-bond acceptors (Lipinski definition) is 6. The van der Waals surface area contributed by atoms with Crippen LogP contribution in [0.1, 0.15) is 5.56 Å². The molecule has 0 unspecified atom stereocenters. The molecule has 2 rings (SSSR count).